The normalized spacial score (nSPS) is 22.1. The van der Waals surface area contributed by atoms with Crippen LogP contribution in [0.5, 0.6) is 0 Å². The minimum atomic E-state index is -3.09. The van der Waals surface area contributed by atoms with Gasteiger partial charge in [0.1, 0.15) is 18.3 Å². The van der Waals surface area contributed by atoms with Crippen molar-refractivity contribution in [1.29, 1.82) is 0 Å². The second-order valence-electron chi connectivity index (χ2n) is 2.82. The monoisotopic (exact) mass is 211 g/mol. The number of carbonyl (C=O) groups is 1. The molecule has 0 saturated carbocycles. The van der Waals surface area contributed by atoms with Crippen LogP contribution < -0.4 is 5.73 Å². The SMILES string of the molecule is N[C@](O)(C(=O)O)[C@H](O)[C@@H](O)[C@H](O)CO. The van der Waals surface area contributed by atoms with Crippen LogP contribution in [0.1, 0.15) is 0 Å². The van der Waals surface area contributed by atoms with E-state index in [-0.39, 0.29) is 0 Å². The van der Waals surface area contributed by atoms with Crippen molar-refractivity contribution < 1.29 is 35.4 Å². The second-order valence-corrected chi connectivity index (χ2v) is 2.82. The summed E-state index contributed by atoms with van der Waals surface area (Å²) in [6.45, 7) is -0.909. The molecule has 0 fully saturated rings. The molecule has 0 aromatic heterocycles. The Morgan fingerprint density at radius 3 is 2.07 bits per heavy atom. The van der Waals surface area contributed by atoms with Crippen LogP contribution in [0, 0.1) is 0 Å². The number of hydrogen-bond acceptors (Lipinski definition) is 7. The number of aliphatic hydroxyl groups is 5. The molecule has 8 nitrogen and oxygen atoms in total. The molecule has 0 rings (SSSR count). The number of hydrogen-bond donors (Lipinski definition) is 7. The van der Waals surface area contributed by atoms with Crippen LogP contribution in [0.2, 0.25) is 0 Å². The summed E-state index contributed by atoms with van der Waals surface area (Å²) in [5.41, 5.74) is 1.66. The Hall–Kier alpha value is -0.770. The van der Waals surface area contributed by atoms with E-state index in [0.29, 0.717) is 0 Å². The molecule has 0 aliphatic carbocycles. The fraction of sp³-hybridized carbons (Fsp3) is 0.833. The second kappa shape index (κ2) is 4.64. The van der Waals surface area contributed by atoms with Gasteiger partial charge in [0.2, 0.25) is 5.72 Å². The van der Waals surface area contributed by atoms with Gasteiger partial charge in [0.15, 0.2) is 0 Å². The van der Waals surface area contributed by atoms with Crippen molar-refractivity contribution in [2.24, 2.45) is 5.73 Å². The minimum Gasteiger partial charge on any atom is -0.478 e. The Bertz CT molecular complexity index is 206. The third-order valence-electron chi connectivity index (χ3n) is 1.70. The number of rotatable bonds is 5. The van der Waals surface area contributed by atoms with Gasteiger partial charge in [-0.15, -0.1) is 0 Å². The quantitative estimate of drug-likeness (QED) is 0.225. The van der Waals surface area contributed by atoms with Gasteiger partial charge >= 0.3 is 5.97 Å². The number of carboxylic acids is 1. The number of nitrogens with two attached hydrogens (primary N) is 1. The first-order valence-corrected chi connectivity index (χ1v) is 3.64. The maximum Gasteiger partial charge on any atom is 0.353 e. The molecule has 8 N–H and O–H groups in total. The average molecular weight is 211 g/mol. The first-order valence-electron chi connectivity index (χ1n) is 3.64. The first kappa shape index (κ1) is 13.2. The molecule has 4 atom stereocenters. The fourth-order valence-corrected chi connectivity index (χ4v) is 0.705. The van der Waals surface area contributed by atoms with Crippen molar-refractivity contribution >= 4 is 5.97 Å². The van der Waals surface area contributed by atoms with Crippen molar-refractivity contribution in [3.8, 4) is 0 Å². The molecular formula is C6H13NO7. The van der Waals surface area contributed by atoms with E-state index in [1.54, 1.807) is 0 Å². The van der Waals surface area contributed by atoms with Crippen LogP contribution in [0.15, 0.2) is 0 Å². The van der Waals surface area contributed by atoms with Crippen molar-refractivity contribution in [2.75, 3.05) is 6.61 Å². The van der Waals surface area contributed by atoms with Gasteiger partial charge in [-0.2, -0.15) is 0 Å². The molecule has 8 heteroatoms. The summed E-state index contributed by atoms with van der Waals surface area (Å²) in [7, 11) is 0. The molecule has 14 heavy (non-hydrogen) atoms. The highest BCUT2D eigenvalue weighted by Gasteiger charge is 2.45. The summed E-state index contributed by atoms with van der Waals surface area (Å²) >= 11 is 0. The van der Waals surface area contributed by atoms with Gasteiger partial charge in [-0.05, 0) is 0 Å². The molecular weight excluding hydrogens is 198 g/mol. The lowest BCUT2D eigenvalue weighted by Gasteiger charge is -2.29. The maximum absolute atomic E-state index is 10.3. The molecule has 0 heterocycles. The molecule has 84 valence electrons. The third-order valence-corrected chi connectivity index (χ3v) is 1.70. The largest absolute Gasteiger partial charge is 0.478 e. The Kier molecular flexibility index (Phi) is 4.39. The highest BCUT2D eigenvalue weighted by molar-refractivity contribution is 5.77. The third kappa shape index (κ3) is 2.61. The van der Waals surface area contributed by atoms with Gasteiger partial charge in [0.25, 0.3) is 0 Å². The zero-order valence-corrected chi connectivity index (χ0v) is 7.11. The standard InChI is InChI=1S/C6H13NO7/c7-6(14,5(12)13)4(11)3(10)2(9)1-8/h2-4,8-11,14H,1,7H2,(H,12,13)/t2-,3+,4-,6-/m1/s1. The van der Waals surface area contributed by atoms with Crippen molar-refractivity contribution in [1.82, 2.24) is 0 Å². The topological polar surface area (TPSA) is 164 Å². The zero-order valence-electron chi connectivity index (χ0n) is 7.11. The smallest absolute Gasteiger partial charge is 0.353 e. The summed E-state index contributed by atoms with van der Waals surface area (Å²) < 4.78 is 0. The van der Waals surface area contributed by atoms with Crippen LogP contribution in [0.4, 0.5) is 0 Å². The van der Waals surface area contributed by atoms with Crippen molar-refractivity contribution in [3.63, 3.8) is 0 Å². The van der Waals surface area contributed by atoms with E-state index >= 15 is 0 Å². The Morgan fingerprint density at radius 2 is 1.79 bits per heavy atom. The lowest BCUT2D eigenvalue weighted by Crippen LogP contribution is -2.63. The van der Waals surface area contributed by atoms with Crippen LogP contribution in [0.25, 0.3) is 0 Å². The number of aliphatic hydroxyl groups excluding tert-OH is 4. The summed E-state index contributed by atoms with van der Waals surface area (Å²) in [4.78, 5) is 10.3. The molecule has 0 bridgehead atoms. The van der Waals surface area contributed by atoms with Gasteiger partial charge in [-0.25, -0.2) is 4.79 Å². The van der Waals surface area contributed by atoms with E-state index in [4.69, 9.17) is 36.4 Å². The Morgan fingerprint density at radius 1 is 1.36 bits per heavy atom. The van der Waals surface area contributed by atoms with Gasteiger partial charge in [-0.1, -0.05) is 0 Å². The van der Waals surface area contributed by atoms with Crippen molar-refractivity contribution in [3.05, 3.63) is 0 Å². The van der Waals surface area contributed by atoms with Crippen LogP contribution in [-0.4, -0.2) is 67.3 Å². The molecule has 0 spiro atoms. The molecule has 0 saturated heterocycles. The van der Waals surface area contributed by atoms with Gasteiger partial charge in [0, 0.05) is 0 Å². The predicted molar refractivity (Wildman–Crippen MR) is 41.9 cm³/mol. The number of aliphatic carboxylic acids is 1. The highest BCUT2D eigenvalue weighted by atomic mass is 16.4. The van der Waals surface area contributed by atoms with Gasteiger partial charge in [-0.3, -0.25) is 5.73 Å². The van der Waals surface area contributed by atoms with E-state index < -0.39 is 36.6 Å². The molecule has 0 aromatic rings. The molecule has 0 amide bonds. The minimum absolute atomic E-state index is 0.909. The Labute approximate surface area is 78.8 Å². The van der Waals surface area contributed by atoms with Crippen LogP contribution >= 0.6 is 0 Å². The van der Waals surface area contributed by atoms with Gasteiger partial charge in [0.05, 0.1) is 6.61 Å². The fourth-order valence-electron chi connectivity index (χ4n) is 0.705. The summed E-state index contributed by atoms with van der Waals surface area (Å²) in [6.07, 6.45) is -6.17. The maximum atomic E-state index is 10.3. The van der Waals surface area contributed by atoms with Crippen molar-refractivity contribution in [2.45, 2.75) is 24.0 Å². The first-order chi connectivity index (χ1) is 6.25. The summed E-state index contributed by atoms with van der Waals surface area (Å²) in [5, 5.41) is 52.5. The van der Waals surface area contributed by atoms with E-state index in [1.807, 2.05) is 0 Å². The molecule has 0 radical (unpaired) electrons. The Balaban J connectivity index is 4.60. The molecule has 0 aromatic carbocycles. The average Bonchev–Trinajstić information content (AvgIpc) is 2.13. The number of carboxylic acid groups (broad SMARTS) is 1. The highest BCUT2D eigenvalue weighted by Crippen LogP contribution is 2.11. The summed E-state index contributed by atoms with van der Waals surface area (Å²) in [6, 6.07) is 0. The lowest BCUT2D eigenvalue weighted by molar-refractivity contribution is -0.189. The van der Waals surface area contributed by atoms with Gasteiger partial charge < -0.3 is 30.6 Å². The lowest BCUT2D eigenvalue weighted by atomic mass is 9.99. The van der Waals surface area contributed by atoms with E-state index in [9.17, 15) is 4.79 Å². The van der Waals surface area contributed by atoms with E-state index in [0.717, 1.165) is 0 Å². The van der Waals surface area contributed by atoms with E-state index in [2.05, 4.69) is 0 Å². The van der Waals surface area contributed by atoms with E-state index in [1.165, 1.54) is 0 Å². The molecule has 0 aliphatic rings. The van der Waals surface area contributed by atoms with Crippen LogP contribution in [0.3, 0.4) is 0 Å². The van der Waals surface area contributed by atoms with Crippen LogP contribution in [-0.2, 0) is 4.79 Å². The zero-order chi connectivity index (χ0) is 11.5. The molecule has 0 unspecified atom stereocenters. The summed E-state index contributed by atoms with van der Waals surface area (Å²) in [5.74, 6) is -1.96. The molecule has 0 aliphatic heterocycles. The predicted octanol–water partition coefficient (Wildman–Crippen LogP) is -4.21.